The number of likely N-dealkylation sites (tertiary alicyclic amines) is 2. The monoisotopic (exact) mass is 386 g/mol. The summed E-state index contributed by atoms with van der Waals surface area (Å²) < 4.78 is 5.73. The molecule has 2 amide bonds. The fourth-order valence-electron chi connectivity index (χ4n) is 4.82. The number of phenols is 1. The molecule has 0 aliphatic carbocycles. The molecule has 3 fully saturated rings. The maximum absolute atomic E-state index is 12.8. The van der Waals surface area contributed by atoms with E-state index in [1.807, 2.05) is 16.7 Å². The third kappa shape index (κ3) is 3.88. The van der Waals surface area contributed by atoms with Gasteiger partial charge in [-0.05, 0) is 62.1 Å². The third-order valence-electron chi connectivity index (χ3n) is 6.76. The van der Waals surface area contributed by atoms with E-state index in [0.717, 1.165) is 50.8 Å². The van der Waals surface area contributed by atoms with Crippen LogP contribution in [0.5, 0.6) is 5.75 Å². The number of aromatic hydroxyl groups is 1. The number of aryl methyl sites for hydroxylation is 1. The van der Waals surface area contributed by atoms with Crippen LogP contribution < -0.4 is 0 Å². The molecule has 1 atom stereocenters. The van der Waals surface area contributed by atoms with Crippen LogP contribution in [0.15, 0.2) is 18.2 Å². The number of rotatable bonds is 3. The van der Waals surface area contributed by atoms with Crippen LogP contribution in [0.4, 0.5) is 0 Å². The van der Waals surface area contributed by atoms with Crippen LogP contribution in [0.3, 0.4) is 0 Å². The molecule has 6 heteroatoms. The SMILES string of the molecule is Cc1ccc(C(=O)N2CCC3(CCC(=O)N(CC4CCCO4)C3)CC2)cc1O. The molecule has 3 aliphatic rings. The van der Waals surface area contributed by atoms with Gasteiger partial charge in [-0.2, -0.15) is 0 Å². The second kappa shape index (κ2) is 7.74. The Bertz CT molecular complexity index is 749. The van der Waals surface area contributed by atoms with Gasteiger partial charge in [-0.1, -0.05) is 6.07 Å². The van der Waals surface area contributed by atoms with Crippen molar-refractivity contribution >= 4 is 11.8 Å². The van der Waals surface area contributed by atoms with Crippen molar-refractivity contribution in [1.29, 1.82) is 0 Å². The summed E-state index contributed by atoms with van der Waals surface area (Å²) in [4.78, 5) is 29.1. The average molecular weight is 386 g/mol. The standard InChI is InChI=1S/C22H30N2O4/c1-16-4-5-17(13-19(16)25)21(27)23-10-8-22(9-11-23)7-6-20(26)24(15-22)14-18-3-2-12-28-18/h4-5,13,18,25H,2-3,6-12,14-15H2,1H3. The summed E-state index contributed by atoms with van der Waals surface area (Å²) in [5, 5.41) is 9.90. The summed E-state index contributed by atoms with van der Waals surface area (Å²) in [7, 11) is 0. The number of hydrogen-bond donors (Lipinski definition) is 1. The zero-order valence-corrected chi connectivity index (χ0v) is 16.7. The van der Waals surface area contributed by atoms with Crippen molar-refractivity contribution in [3.05, 3.63) is 29.3 Å². The number of carbonyl (C=O) groups excluding carboxylic acids is 2. The highest BCUT2D eigenvalue weighted by Gasteiger charge is 2.42. The van der Waals surface area contributed by atoms with Crippen LogP contribution in [0.25, 0.3) is 0 Å². The minimum absolute atomic E-state index is 0.0201. The van der Waals surface area contributed by atoms with Crippen molar-refractivity contribution in [2.24, 2.45) is 5.41 Å². The van der Waals surface area contributed by atoms with Crippen molar-refractivity contribution in [2.75, 3.05) is 32.8 Å². The Hall–Kier alpha value is -2.08. The molecule has 3 saturated heterocycles. The Kier molecular flexibility index (Phi) is 5.32. The Morgan fingerprint density at radius 2 is 2.07 bits per heavy atom. The van der Waals surface area contributed by atoms with Crippen LogP contribution in [-0.2, 0) is 9.53 Å². The summed E-state index contributed by atoms with van der Waals surface area (Å²) >= 11 is 0. The maximum atomic E-state index is 12.8. The van der Waals surface area contributed by atoms with Gasteiger partial charge in [0.2, 0.25) is 5.91 Å². The Morgan fingerprint density at radius 1 is 1.29 bits per heavy atom. The Labute approximate surface area is 166 Å². The van der Waals surface area contributed by atoms with Crippen LogP contribution in [0, 0.1) is 12.3 Å². The molecule has 6 nitrogen and oxygen atoms in total. The minimum Gasteiger partial charge on any atom is -0.508 e. The first-order chi connectivity index (χ1) is 13.5. The quantitative estimate of drug-likeness (QED) is 0.867. The van der Waals surface area contributed by atoms with Gasteiger partial charge in [0.15, 0.2) is 0 Å². The summed E-state index contributed by atoms with van der Waals surface area (Å²) in [6.45, 7) is 5.54. The second-order valence-electron chi connectivity index (χ2n) is 8.70. The van der Waals surface area contributed by atoms with Gasteiger partial charge in [-0.25, -0.2) is 0 Å². The Balaban J connectivity index is 1.37. The summed E-state index contributed by atoms with van der Waals surface area (Å²) in [5.41, 5.74) is 1.43. The fraction of sp³-hybridized carbons (Fsp3) is 0.636. The van der Waals surface area contributed by atoms with Gasteiger partial charge in [0.25, 0.3) is 5.91 Å². The van der Waals surface area contributed by atoms with E-state index in [-0.39, 0.29) is 29.1 Å². The van der Waals surface area contributed by atoms with Crippen molar-refractivity contribution < 1.29 is 19.4 Å². The van der Waals surface area contributed by atoms with E-state index in [1.54, 1.807) is 18.2 Å². The van der Waals surface area contributed by atoms with E-state index in [0.29, 0.717) is 31.6 Å². The smallest absolute Gasteiger partial charge is 0.253 e. The molecule has 0 saturated carbocycles. The lowest BCUT2D eigenvalue weighted by Gasteiger charge is -2.47. The zero-order valence-electron chi connectivity index (χ0n) is 16.7. The van der Waals surface area contributed by atoms with Crippen LogP contribution in [0.2, 0.25) is 0 Å². The van der Waals surface area contributed by atoms with Crippen molar-refractivity contribution in [2.45, 2.75) is 51.6 Å². The first-order valence-corrected chi connectivity index (χ1v) is 10.4. The van der Waals surface area contributed by atoms with Crippen LogP contribution in [-0.4, -0.2) is 65.6 Å². The lowest BCUT2D eigenvalue weighted by Crippen LogP contribution is -2.53. The topological polar surface area (TPSA) is 70.1 Å². The lowest BCUT2D eigenvalue weighted by atomic mass is 9.72. The third-order valence-corrected chi connectivity index (χ3v) is 6.76. The van der Waals surface area contributed by atoms with Crippen molar-refractivity contribution in [1.82, 2.24) is 9.80 Å². The number of ether oxygens (including phenoxy) is 1. The average Bonchev–Trinajstić information content (AvgIpc) is 3.20. The predicted molar refractivity (Wildman–Crippen MR) is 105 cm³/mol. The Morgan fingerprint density at radius 3 is 2.75 bits per heavy atom. The number of nitrogens with zero attached hydrogens (tertiary/aromatic N) is 2. The van der Waals surface area contributed by atoms with E-state index in [2.05, 4.69) is 0 Å². The van der Waals surface area contributed by atoms with E-state index in [4.69, 9.17) is 4.74 Å². The summed E-state index contributed by atoms with van der Waals surface area (Å²) in [6.07, 6.45) is 5.69. The van der Waals surface area contributed by atoms with E-state index in [9.17, 15) is 14.7 Å². The summed E-state index contributed by atoms with van der Waals surface area (Å²) in [6, 6.07) is 5.12. The molecule has 1 aromatic carbocycles. The molecule has 1 aromatic rings. The first kappa shape index (κ1) is 19.2. The molecule has 4 rings (SSSR count). The van der Waals surface area contributed by atoms with Gasteiger partial charge in [-0.15, -0.1) is 0 Å². The predicted octanol–water partition coefficient (Wildman–Crippen LogP) is 2.72. The number of amides is 2. The van der Waals surface area contributed by atoms with Crippen LogP contribution >= 0.6 is 0 Å². The molecule has 0 aromatic heterocycles. The first-order valence-electron chi connectivity index (χ1n) is 10.4. The van der Waals surface area contributed by atoms with Gasteiger partial charge >= 0.3 is 0 Å². The molecule has 3 heterocycles. The molecule has 152 valence electrons. The number of hydrogen-bond acceptors (Lipinski definition) is 4. The molecule has 0 radical (unpaired) electrons. The molecule has 0 bridgehead atoms. The van der Waals surface area contributed by atoms with E-state index >= 15 is 0 Å². The number of phenolic OH excluding ortho intramolecular Hbond substituents is 1. The molecule has 1 N–H and O–H groups in total. The highest BCUT2D eigenvalue weighted by molar-refractivity contribution is 5.94. The minimum atomic E-state index is -0.0201. The molecule has 3 aliphatic heterocycles. The zero-order chi connectivity index (χ0) is 19.7. The molecular formula is C22H30N2O4. The normalized spacial score (nSPS) is 24.8. The van der Waals surface area contributed by atoms with Gasteiger partial charge in [0.05, 0.1) is 6.10 Å². The summed E-state index contributed by atoms with van der Waals surface area (Å²) in [5.74, 6) is 0.387. The molecule has 1 unspecified atom stereocenters. The van der Waals surface area contributed by atoms with E-state index < -0.39 is 0 Å². The van der Waals surface area contributed by atoms with Gasteiger partial charge in [0.1, 0.15) is 5.75 Å². The molecular weight excluding hydrogens is 356 g/mol. The molecule has 1 spiro atoms. The van der Waals surface area contributed by atoms with Crippen molar-refractivity contribution in [3.8, 4) is 5.75 Å². The number of carbonyl (C=O) groups is 2. The maximum Gasteiger partial charge on any atom is 0.253 e. The van der Waals surface area contributed by atoms with Gasteiger partial charge in [0, 0.05) is 44.8 Å². The largest absolute Gasteiger partial charge is 0.508 e. The van der Waals surface area contributed by atoms with Gasteiger partial charge in [-0.3, -0.25) is 9.59 Å². The highest BCUT2D eigenvalue weighted by atomic mass is 16.5. The lowest BCUT2D eigenvalue weighted by molar-refractivity contribution is -0.141. The number of benzene rings is 1. The fourth-order valence-corrected chi connectivity index (χ4v) is 4.82. The van der Waals surface area contributed by atoms with Crippen LogP contribution in [0.1, 0.15) is 54.4 Å². The van der Waals surface area contributed by atoms with E-state index in [1.165, 1.54) is 0 Å². The number of piperidine rings is 2. The highest BCUT2D eigenvalue weighted by Crippen LogP contribution is 2.40. The molecule has 28 heavy (non-hydrogen) atoms. The van der Waals surface area contributed by atoms with Gasteiger partial charge < -0.3 is 19.6 Å². The second-order valence-corrected chi connectivity index (χ2v) is 8.70. The van der Waals surface area contributed by atoms with Crippen molar-refractivity contribution in [3.63, 3.8) is 0 Å².